The highest BCUT2D eigenvalue weighted by molar-refractivity contribution is 5.50. The van der Waals surface area contributed by atoms with Gasteiger partial charge in [0.2, 0.25) is 0 Å². The molecule has 0 heterocycles. The maximum absolute atomic E-state index is 10.2. The fourth-order valence-corrected chi connectivity index (χ4v) is 3.72. The third kappa shape index (κ3) is 2.30. The number of rotatable bonds is 2. The number of nitrogens with one attached hydrogen (secondary N) is 1. The van der Waals surface area contributed by atoms with E-state index in [-0.39, 0.29) is 0 Å². The summed E-state index contributed by atoms with van der Waals surface area (Å²) in [5, 5.41) is 14.0. The number of allylic oxidation sites excluding steroid dienone is 1. The molecule has 3 atom stereocenters. The lowest BCUT2D eigenvalue weighted by atomic mass is 9.97. The first-order chi connectivity index (χ1) is 9.16. The number of aromatic hydroxyl groups is 1. The summed E-state index contributed by atoms with van der Waals surface area (Å²) in [7, 11) is 0. The monoisotopic (exact) mass is 257 g/mol. The van der Waals surface area contributed by atoms with Crippen molar-refractivity contribution in [2.24, 2.45) is 0 Å². The maximum Gasteiger partial charge on any atom is 0.120 e. The Hall–Kier alpha value is -1.28. The van der Waals surface area contributed by atoms with E-state index in [0.29, 0.717) is 23.8 Å². The van der Waals surface area contributed by atoms with Gasteiger partial charge in [-0.25, -0.2) is 0 Å². The molecule has 0 aliphatic heterocycles. The van der Waals surface area contributed by atoms with Crippen LogP contribution in [0.5, 0.6) is 5.75 Å². The minimum Gasteiger partial charge on any atom is -0.508 e. The van der Waals surface area contributed by atoms with Gasteiger partial charge in [0.1, 0.15) is 5.75 Å². The molecule has 1 aromatic carbocycles. The van der Waals surface area contributed by atoms with Crippen molar-refractivity contribution in [3.8, 4) is 5.75 Å². The summed E-state index contributed by atoms with van der Waals surface area (Å²) in [6, 6.07) is 4.77. The lowest BCUT2D eigenvalue weighted by Crippen LogP contribution is -2.32. The zero-order valence-electron chi connectivity index (χ0n) is 11.8. The normalized spacial score (nSPS) is 29.5. The second kappa shape index (κ2) is 5.01. The molecule has 19 heavy (non-hydrogen) atoms. The molecule has 0 amide bonds. The zero-order chi connectivity index (χ0) is 13.4. The summed E-state index contributed by atoms with van der Waals surface area (Å²) in [4.78, 5) is 0. The van der Waals surface area contributed by atoms with E-state index >= 15 is 0 Å². The van der Waals surface area contributed by atoms with Gasteiger partial charge in [0.25, 0.3) is 0 Å². The summed E-state index contributed by atoms with van der Waals surface area (Å²) in [5.41, 5.74) is 3.83. The average Bonchev–Trinajstić information content (AvgIpc) is 2.73. The molecule has 0 saturated carbocycles. The first kappa shape index (κ1) is 12.7. The minimum atomic E-state index is 0.321. The van der Waals surface area contributed by atoms with Crippen molar-refractivity contribution in [3.05, 3.63) is 41.0 Å². The van der Waals surface area contributed by atoms with Gasteiger partial charge in [0.05, 0.1) is 0 Å². The SMILES string of the molecule is Cc1ccc(O)c2c1C(C)CC2NC1CC=CCC1. The summed E-state index contributed by atoms with van der Waals surface area (Å²) >= 11 is 0. The Morgan fingerprint density at radius 1 is 1.21 bits per heavy atom. The van der Waals surface area contributed by atoms with Crippen molar-refractivity contribution >= 4 is 0 Å². The Kier molecular flexibility index (Phi) is 3.36. The number of phenols is 1. The van der Waals surface area contributed by atoms with Crippen LogP contribution in [0.25, 0.3) is 0 Å². The van der Waals surface area contributed by atoms with Gasteiger partial charge in [0.15, 0.2) is 0 Å². The summed E-state index contributed by atoms with van der Waals surface area (Å²) < 4.78 is 0. The Bertz CT molecular complexity index is 506. The van der Waals surface area contributed by atoms with Crippen molar-refractivity contribution in [1.29, 1.82) is 0 Å². The van der Waals surface area contributed by atoms with Crippen LogP contribution in [-0.4, -0.2) is 11.1 Å². The number of hydrogen-bond donors (Lipinski definition) is 2. The fourth-order valence-electron chi connectivity index (χ4n) is 3.72. The van der Waals surface area contributed by atoms with Crippen molar-refractivity contribution in [2.45, 2.75) is 57.5 Å². The van der Waals surface area contributed by atoms with Crippen LogP contribution in [0.4, 0.5) is 0 Å². The number of aryl methyl sites for hydroxylation is 1. The average molecular weight is 257 g/mol. The van der Waals surface area contributed by atoms with Crippen LogP contribution in [0.3, 0.4) is 0 Å². The van der Waals surface area contributed by atoms with Gasteiger partial charge >= 0.3 is 0 Å². The zero-order valence-corrected chi connectivity index (χ0v) is 11.8. The van der Waals surface area contributed by atoms with E-state index in [1.54, 1.807) is 0 Å². The second-order valence-electron chi connectivity index (χ2n) is 6.07. The first-order valence-corrected chi connectivity index (χ1v) is 7.40. The number of fused-ring (bicyclic) bond motifs is 1. The third-order valence-corrected chi connectivity index (χ3v) is 4.62. The highest BCUT2D eigenvalue weighted by atomic mass is 16.3. The van der Waals surface area contributed by atoms with Crippen LogP contribution in [0.1, 0.15) is 61.3 Å². The Balaban J connectivity index is 1.87. The topological polar surface area (TPSA) is 32.3 Å². The smallest absolute Gasteiger partial charge is 0.120 e. The highest BCUT2D eigenvalue weighted by Crippen LogP contribution is 2.46. The summed E-state index contributed by atoms with van der Waals surface area (Å²) in [5.74, 6) is 1.01. The van der Waals surface area contributed by atoms with Gasteiger partial charge in [-0.05, 0) is 55.7 Å². The number of hydrogen-bond acceptors (Lipinski definition) is 2. The first-order valence-electron chi connectivity index (χ1n) is 7.40. The molecular weight excluding hydrogens is 234 g/mol. The number of benzene rings is 1. The molecule has 0 aromatic heterocycles. The second-order valence-corrected chi connectivity index (χ2v) is 6.07. The van der Waals surface area contributed by atoms with E-state index in [1.165, 1.54) is 24.0 Å². The van der Waals surface area contributed by atoms with E-state index in [4.69, 9.17) is 0 Å². The van der Waals surface area contributed by atoms with Crippen LogP contribution < -0.4 is 5.32 Å². The highest BCUT2D eigenvalue weighted by Gasteiger charge is 2.33. The molecule has 0 saturated heterocycles. The lowest BCUT2D eigenvalue weighted by Gasteiger charge is -2.25. The summed E-state index contributed by atoms with van der Waals surface area (Å²) in [6.45, 7) is 4.42. The Morgan fingerprint density at radius 3 is 2.79 bits per heavy atom. The quantitative estimate of drug-likeness (QED) is 0.786. The van der Waals surface area contributed by atoms with E-state index < -0.39 is 0 Å². The van der Waals surface area contributed by atoms with Crippen LogP contribution in [-0.2, 0) is 0 Å². The Labute approximate surface area is 115 Å². The molecule has 0 fully saturated rings. The van der Waals surface area contributed by atoms with E-state index in [0.717, 1.165) is 18.4 Å². The van der Waals surface area contributed by atoms with Crippen LogP contribution >= 0.6 is 0 Å². The molecule has 102 valence electrons. The van der Waals surface area contributed by atoms with Crippen LogP contribution in [0.2, 0.25) is 0 Å². The van der Waals surface area contributed by atoms with Crippen molar-refractivity contribution in [3.63, 3.8) is 0 Å². The predicted molar refractivity (Wildman–Crippen MR) is 78.5 cm³/mol. The van der Waals surface area contributed by atoms with Gasteiger partial charge in [-0.15, -0.1) is 0 Å². The molecule has 2 aliphatic rings. The van der Waals surface area contributed by atoms with Crippen molar-refractivity contribution < 1.29 is 5.11 Å². The molecule has 3 rings (SSSR count). The standard InChI is InChI=1S/C17H23NO/c1-11-8-9-15(19)17-14(10-12(2)16(11)17)18-13-6-4-3-5-7-13/h3-4,8-9,12-14,18-19H,5-7,10H2,1-2H3. The molecule has 2 nitrogen and oxygen atoms in total. The third-order valence-electron chi connectivity index (χ3n) is 4.62. The van der Waals surface area contributed by atoms with Crippen LogP contribution in [0.15, 0.2) is 24.3 Å². The van der Waals surface area contributed by atoms with E-state index in [1.807, 2.05) is 12.1 Å². The molecule has 0 spiro atoms. The fraction of sp³-hybridized carbons (Fsp3) is 0.529. The molecule has 2 N–H and O–H groups in total. The van der Waals surface area contributed by atoms with Crippen molar-refractivity contribution in [2.75, 3.05) is 0 Å². The van der Waals surface area contributed by atoms with Crippen LogP contribution in [0, 0.1) is 6.92 Å². The molecule has 0 bridgehead atoms. The van der Waals surface area contributed by atoms with Gasteiger partial charge in [-0.3, -0.25) is 0 Å². The van der Waals surface area contributed by atoms with Gasteiger partial charge in [0, 0.05) is 17.6 Å². The molecule has 3 unspecified atom stereocenters. The molecule has 1 aromatic rings. The minimum absolute atomic E-state index is 0.321. The Morgan fingerprint density at radius 2 is 2.05 bits per heavy atom. The molecule has 2 aliphatic carbocycles. The largest absolute Gasteiger partial charge is 0.508 e. The van der Waals surface area contributed by atoms with Gasteiger partial charge in [-0.2, -0.15) is 0 Å². The maximum atomic E-state index is 10.2. The summed E-state index contributed by atoms with van der Waals surface area (Å²) in [6.07, 6.45) is 9.15. The van der Waals surface area contributed by atoms with E-state index in [9.17, 15) is 5.11 Å². The number of phenolic OH excluding ortho intramolecular Hbond substituents is 1. The van der Waals surface area contributed by atoms with Gasteiger partial charge in [-0.1, -0.05) is 25.1 Å². The molecule has 2 heteroatoms. The van der Waals surface area contributed by atoms with Crippen molar-refractivity contribution in [1.82, 2.24) is 5.32 Å². The lowest BCUT2D eigenvalue weighted by molar-refractivity contribution is 0.387. The van der Waals surface area contributed by atoms with Gasteiger partial charge < -0.3 is 10.4 Å². The molecule has 0 radical (unpaired) electrons. The van der Waals surface area contributed by atoms with E-state index in [2.05, 4.69) is 31.3 Å². The predicted octanol–water partition coefficient (Wildman–Crippen LogP) is 3.95. The molecular formula is C17H23NO.